The molecule has 1 N–H and O–H groups in total. The number of phenols is 1. The van der Waals surface area contributed by atoms with Crippen molar-refractivity contribution in [1.82, 2.24) is 4.90 Å². The highest BCUT2D eigenvalue weighted by molar-refractivity contribution is 5.85. The SMILES string of the molecule is CCOC(=O)[C@H]1CCCN(C(=O)C2CCCc3c(O)cccc32)C1. The van der Waals surface area contributed by atoms with Gasteiger partial charge in [-0.25, -0.2) is 0 Å². The van der Waals surface area contributed by atoms with Gasteiger partial charge in [0.1, 0.15) is 5.75 Å². The first-order valence-electron chi connectivity index (χ1n) is 8.88. The second-order valence-electron chi connectivity index (χ2n) is 6.67. The Morgan fingerprint density at radius 1 is 1.29 bits per heavy atom. The van der Waals surface area contributed by atoms with Crippen LogP contribution in [0.3, 0.4) is 0 Å². The highest BCUT2D eigenvalue weighted by Gasteiger charge is 2.35. The van der Waals surface area contributed by atoms with Gasteiger partial charge < -0.3 is 14.7 Å². The molecule has 1 aromatic rings. The summed E-state index contributed by atoms with van der Waals surface area (Å²) in [4.78, 5) is 26.9. The molecule has 2 atom stereocenters. The van der Waals surface area contributed by atoms with Crippen molar-refractivity contribution in [2.24, 2.45) is 5.92 Å². The van der Waals surface area contributed by atoms with E-state index < -0.39 is 0 Å². The molecule has 1 aromatic carbocycles. The molecule has 5 heteroatoms. The van der Waals surface area contributed by atoms with E-state index in [1.165, 1.54) is 0 Å². The molecule has 0 radical (unpaired) electrons. The van der Waals surface area contributed by atoms with Crippen LogP contribution in [0.25, 0.3) is 0 Å². The number of hydrogen-bond acceptors (Lipinski definition) is 4. The second kappa shape index (κ2) is 7.24. The number of amides is 1. The normalized spacial score (nSPS) is 23.5. The van der Waals surface area contributed by atoms with E-state index >= 15 is 0 Å². The quantitative estimate of drug-likeness (QED) is 0.865. The molecule has 2 aliphatic rings. The van der Waals surface area contributed by atoms with Crippen LogP contribution in [-0.4, -0.2) is 41.6 Å². The van der Waals surface area contributed by atoms with Gasteiger partial charge in [-0.2, -0.15) is 0 Å². The van der Waals surface area contributed by atoms with Crippen molar-refractivity contribution in [3.63, 3.8) is 0 Å². The molecule has 1 aliphatic carbocycles. The number of rotatable bonds is 3. The van der Waals surface area contributed by atoms with Crippen LogP contribution in [0.5, 0.6) is 5.75 Å². The third-order valence-corrected chi connectivity index (χ3v) is 5.13. The Hall–Kier alpha value is -2.04. The maximum Gasteiger partial charge on any atom is 0.310 e. The highest BCUT2D eigenvalue weighted by atomic mass is 16.5. The summed E-state index contributed by atoms with van der Waals surface area (Å²) in [6.45, 7) is 3.31. The molecule has 0 spiro atoms. The molecule has 5 nitrogen and oxygen atoms in total. The molecule has 1 heterocycles. The van der Waals surface area contributed by atoms with E-state index in [0.29, 0.717) is 19.7 Å². The summed E-state index contributed by atoms with van der Waals surface area (Å²) in [6.07, 6.45) is 4.13. The number of carbonyl (C=O) groups is 2. The van der Waals surface area contributed by atoms with E-state index in [1.807, 2.05) is 11.0 Å². The third kappa shape index (κ3) is 3.25. The minimum atomic E-state index is -0.213. The molecule has 1 fully saturated rings. The van der Waals surface area contributed by atoms with E-state index in [-0.39, 0.29) is 29.5 Å². The van der Waals surface area contributed by atoms with Crippen molar-refractivity contribution in [2.75, 3.05) is 19.7 Å². The first-order chi connectivity index (χ1) is 11.6. The van der Waals surface area contributed by atoms with Crippen LogP contribution in [0, 0.1) is 5.92 Å². The van der Waals surface area contributed by atoms with Crippen LogP contribution in [-0.2, 0) is 20.7 Å². The number of benzene rings is 1. The maximum atomic E-state index is 13.0. The van der Waals surface area contributed by atoms with Crippen LogP contribution in [0.1, 0.15) is 49.7 Å². The molecule has 1 aliphatic heterocycles. The first kappa shape index (κ1) is 16.8. The van der Waals surface area contributed by atoms with Gasteiger partial charge in [-0.3, -0.25) is 9.59 Å². The van der Waals surface area contributed by atoms with Crippen molar-refractivity contribution >= 4 is 11.9 Å². The fraction of sp³-hybridized carbons (Fsp3) is 0.579. The van der Waals surface area contributed by atoms with Crippen molar-refractivity contribution in [1.29, 1.82) is 0 Å². The molecule has 0 saturated carbocycles. The predicted molar refractivity (Wildman–Crippen MR) is 89.7 cm³/mol. The number of esters is 1. The number of carbonyl (C=O) groups excluding carboxylic acids is 2. The van der Waals surface area contributed by atoms with Gasteiger partial charge in [0.05, 0.1) is 18.4 Å². The zero-order valence-electron chi connectivity index (χ0n) is 14.2. The van der Waals surface area contributed by atoms with Crippen molar-refractivity contribution < 1.29 is 19.4 Å². The summed E-state index contributed by atoms with van der Waals surface area (Å²) in [5.41, 5.74) is 1.85. The zero-order valence-corrected chi connectivity index (χ0v) is 14.2. The fourth-order valence-electron chi connectivity index (χ4n) is 3.94. The summed E-state index contributed by atoms with van der Waals surface area (Å²) in [6, 6.07) is 5.43. The topological polar surface area (TPSA) is 66.8 Å². The standard InChI is InChI=1S/C19H25NO4/c1-2-24-19(23)13-6-5-11-20(12-13)18(22)16-9-3-8-15-14(16)7-4-10-17(15)21/h4,7,10,13,16,21H,2-3,5-6,8-9,11-12H2,1H3/t13-,16?/m0/s1. The van der Waals surface area contributed by atoms with Gasteiger partial charge >= 0.3 is 5.97 Å². The maximum absolute atomic E-state index is 13.0. The second-order valence-corrected chi connectivity index (χ2v) is 6.67. The number of nitrogens with zero attached hydrogens (tertiary/aromatic N) is 1. The number of piperidine rings is 1. The van der Waals surface area contributed by atoms with Gasteiger partial charge in [-0.05, 0) is 56.2 Å². The van der Waals surface area contributed by atoms with Crippen LogP contribution in [0.15, 0.2) is 18.2 Å². The van der Waals surface area contributed by atoms with Crippen molar-refractivity contribution in [2.45, 2.75) is 44.9 Å². The van der Waals surface area contributed by atoms with Crippen LogP contribution >= 0.6 is 0 Å². The van der Waals surface area contributed by atoms with Crippen molar-refractivity contribution in [3.8, 4) is 5.75 Å². The minimum Gasteiger partial charge on any atom is -0.508 e. The van der Waals surface area contributed by atoms with Crippen LogP contribution < -0.4 is 0 Å². The van der Waals surface area contributed by atoms with Gasteiger partial charge in [0.15, 0.2) is 0 Å². The van der Waals surface area contributed by atoms with Crippen molar-refractivity contribution in [3.05, 3.63) is 29.3 Å². The summed E-state index contributed by atoms with van der Waals surface area (Å²) in [7, 11) is 0. The van der Waals surface area contributed by atoms with Crippen LogP contribution in [0.4, 0.5) is 0 Å². The number of likely N-dealkylation sites (tertiary alicyclic amines) is 1. The highest BCUT2D eigenvalue weighted by Crippen LogP contribution is 2.37. The smallest absolute Gasteiger partial charge is 0.310 e. The van der Waals surface area contributed by atoms with Crippen LogP contribution in [0.2, 0.25) is 0 Å². The lowest BCUT2D eigenvalue weighted by Gasteiger charge is -2.35. The number of ether oxygens (including phenoxy) is 1. The lowest BCUT2D eigenvalue weighted by atomic mass is 9.81. The van der Waals surface area contributed by atoms with Gasteiger partial charge in [-0.1, -0.05) is 12.1 Å². The summed E-state index contributed by atoms with van der Waals surface area (Å²) in [5, 5.41) is 10.1. The van der Waals surface area contributed by atoms with E-state index in [2.05, 4.69) is 0 Å². The molecule has 3 rings (SSSR count). The molecule has 1 unspecified atom stereocenters. The Morgan fingerprint density at radius 2 is 2.12 bits per heavy atom. The monoisotopic (exact) mass is 331 g/mol. The summed E-state index contributed by atoms with van der Waals surface area (Å²) >= 11 is 0. The molecule has 0 aromatic heterocycles. The Kier molecular flexibility index (Phi) is 5.07. The van der Waals surface area contributed by atoms with E-state index in [1.54, 1.807) is 19.1 Å². The van der Waals surface area contributed by atoms with Gasteiger partial charge in [0.2, 0.25) is 5.91 Å². The molecule has 1 amide bonds. The average molecular weight is 331 g/mol. The Bertz CT molecular complexity index is 628. The van der Waals surface area contributed by atoms with Gasteiger partial charge in [0.25, 0.3) is 0 Å². The number of fused-ring (bicyclic) bond motifs is 1. The van der Waals surface area contributed by atoms with E-state index in [4.69, 9.17) is 4.74 Å². The molecular weight excluding hydrogens is 306 g/mol. The largest absolute Gasteiger partial charge is 0.508 e. The number of hydrogen-bond donors (Lipinski definition) is 1. The number of phenolic OH excluding ortho intramolecular Hbond substituents is 1. The third-order valence-electron chi connectivity index (χ3n) is 5.13. The first-order valence-corrected chi connectivity index (χ1v) is 8.88. The van der Waals surface area contributed by atoms with Gasteiger partial charge in [0, 0.05) is 13.1 Å². The lowest BCUT2D eigenvalue weighted by Crippen LogP contribution is -2.45. The molecule has 1 saturated heterocycles. The average Bonchev–Trinajstić information content (AvgIpc) is 2.61. The molecule has 0 bridgehead atoms. The molecule has 24 heavy (non-hydrogen) atoms. The Balaban J connectivity index is 1.75. The Morgan fingerprint density at radius 3 is 2.92 bits per heavy atom. The summed E-state index contributed by atoms with van der Waals surface area (Å²) < 4.78 is 5.12. The fourth-order valence-corrected chi connectivity index (χ4v) is 3.94. The summed E-state index contributed by atoms with van der Waals surface area (Å²) in [5.74, 6) is -0.253. The zero-order chi connectivity index (χ0) is 17.1. The lowest BCUT2D eigenvalue weighted by molar-refractivity contribution is -0.151. The van der Waals surface area contributed by atoms with Gasteiger partial charge in [-0.15, -0.1) is 0 Å². The van der Waals surface area contributed by atoms with E-state index in [9.17, 15) is 14.7 Å². The predicted octanol–water partition coefficient (Wildman–Crippen LogP) is 2.61. The number of aromatic hydroxyl groups is 1. The molecular formula is C19H25NO4. The molecule has 130 valence electrons. The minimum absolute atomic E-state index is 0.0792. The Labute approximate surface area is 142 Å². The van der Waals surface area contributed by atoms with E-state index in [0.717, 1.165) is 43.2 Å².